The third-order valence-electron chi connectivity index (χ3n) is 6.79. The van der Waals surface area contributed by atoms with Crippen molar-refractivity contribution in [3.05, 3.63) is 59.2 Å². The summed E-state index contributed by atoms with van der Waals surface area (Å²) in [5.41, 5.74) is 3.64. The fourth-order valence-electron chi connectivity index (χ4n) is 5.06. The van der Waals surface area contributed by atoms with Gasteiger partial charge in [-0.05, 0) is 80.4 Å². The molecule has 2 aromatic carbocycles. The molecule has 2 aromatic rings. The summed E-state index contributed by atoms with van der Waals surface area (Å²) in [6.45, 7) is 4.15. The van der Waals surface area contributed by atoms with Crippen molar-refractivity contribution in [1.82, 2.24) is 10.2 Å². The molecule has 0 saturated carbocycles. The summed E-state index contributed by atoms with van der Waals surface area (Å²) >= 11 is 0. The molecule has 3 atom stereocenters. The molecule has 29 heavy (non-hydrogen) atoms. The quantitative estimate of drug-likeness (QED) is 0.692. The van der Waals surface area contributed by atoms with Gasteiger partial charge in [0.1, 0.15) is 5.75 Å². The number of fused-ring (bicyclic) bond motifs is 4. The van der Waals surface area contributed by atoms with Crippen molar-refractivity contribution in [2.45, 2.75) is 48.6 Å². The Morgan fingerprint density at radius 2 is 1.97 bits per heavy atom. The zero-order valence-electron chi connectivity index (χ0n) is 16.9. The van der Waals surface area contributed by atoms with Crippen LogP contribution in [-0.2, 0) is 28.3 Å². The minimum atomic E-state index is -3.66. The molecule has 7 heteroatoms. The van der Waals surface area contributed by atoms with E-state index in [0.717, 1.165) is 37.9 Å². The smallest absolute Gasteiger partial charge is 0.238 e. The Bertz CT molecular complexity index is 1010. The normalized spacial score (nSPS) is 26.9. The molecule has 4 rings (SSSR count). The van der Waals surface area contributed by atoms with E-state index in [2.05, 4.69) is 30.3 Å². The van der Waals surface area contributed by atoms with Crippen molar-refractivity contribution in [2.75, 3.05) is 20.1 Å². The Kier molecular flexibility index (Phi) is 5.19. The maximum absolute atomic E-state index is 11.4. The zero-order valence-corrected chi connectivity index (χ0v) is 17.7. The van der Waals surface area contributed by atoms with Crippen LogP contribution in [-0.4, -0.2) is 50.6 Å². The van der Waals surface area contributed by atoms with Gasteiger partial charge in [0.2, 0.25) is 10.0 Å². The van der Waals surface area contributed by atoms with Gasteiger partial charge in [0.25, 0.3) is 0 Å². The molecule has 4 N–H and O–H groups in total. The van der Waals surface area contributed by atoms with Crippen LogP contribution in [0.5, 0.6) is 5.75 Å². The molecule has 1 aliphatic carbocycles. The van der Waals surface area contributed by atoms with Gasteiger partial charge in [-0.1, -0.05) is 25.1 Å². The number of aromatic hydroxyl groups is 1. The lowest BCUT2D eigenvalue weighted by molar-refractivity contribution is 0.0663. The Balaban J connectivity index is 1.51. The van der Waals surface area contributed by atoms with Crippen molar-refractivity contribution in [3.63, 3.8) is 0 Å². The van der Waals surface area contributed by atoms with Crippen LogP contribution in [0.4, 0.5) is 0 Å². The summed E-state index contributed by atoms with van der Waals surface area (Å²) in [4.78, 5) is 2.58. The molecule has 0 amide bonds. The van der Waals surface area contributed by atoms with Crippen LogP contribution in [0.1, 0.15) is 30.0 Å². The molecule has 156 valence electrons. The van der Waals surface area contributed by atoms with E-state index in [-0.39, 0.29) is 10.3 Å². The molecule has 1 aliphatic heterocycles. The third-order valence-corrected chi connectivity index (χ3v) is 7.72. The lowest BCUT2D eigenvalue weighted by Gasteiger charge is -2.55. The van der Waals surface area contributed by atoms with Gasteiger partial charge >= 0.3 is 0 Å². The van der Waals surface area contributed by atoms with Gasteiger partial charge in [-0.2, -0.15) is 0 Å². The summed E-state index contributed by atoms with van der Waals surface area (Å²) in [5.74, 6) is 0.330. The van der Waals surface area contributed by atoms with Crippen molar-refractivity contribution in [2.24, 2.45) is 5.14 Å². The summed E-state index contributed by atoms with van der Waals surface area (Å²) in [7, 11) is -1.46. The second kappa shape index (κ2) is 7.40. The Labute approximate surface area is 172 Å². The summed E-state index contributed by atoms with van der Waals surface area (Å²) in [5, 5.41) is 19.0. The molecular formula is C22H29N3O3S. The first-order chi connectivity index (χ1) is 13.7. The van der Waals surface area contributed by atoms with Gasteiger partial charge in [-0.3, -0.25) is 0 Å². The highest BCUT2D eigenvalue weighted by Crippen LogP contribution is 2.45. The number of piperidine rings is 1. The van der Waals surface area contributed by atoms with E-state index >= 15 is 0 Å². The second-order valence-corrected chi connectivity index (χ2v) is 10.2. The molecule has 1 heterocycles. The maximum Gasteiger partial charge on any atom is 0.238 e. The number of hydrogen-bond acceptors (Lipinski definition) is 5. The van der Waals surface area contributed by atoms with Gasteiger partial charge in [-0.25, -0.2) is 13.6 Å². The van der Waals surface area contributed by atoms with Crippen LogP contribution in [0.2, 0.25) is 0 Å². The van der Waals surface area contributed by atoms with E-state index in [1.165, 1.54) is 11.1 Å². The summed E-state index contributed by atoms with van der Waals surface area (Å²) < 4.78 is 22.8. The fourth-order valence-corrected chi connectivity index (χ4v) is 5.58. The molecule has 1 saturated heterocycles. The number of sulfonamides is 1. The summed E-state index contributed by atoms with van der Waals surface area (Å²) in [6.07, 6.45) is 2.82. The number of nitrogens with one attached hydrogen (secondary N) is 1. The minimum absolute atomic E-state index is 0.0268. The number of phenolic OH excluding ortho intramolecular Hbond substituents is 1. The van der Waals surface area contributed by atoms with E-state index in [9.17, 15) is 13.5 Å². The maximum atomic E-state index is 11.4. The van der Waals surface area contributed by atoms with Gasteiger partial charge in [0, 0.05) is 17.5 Å². The van der Waals surface area contributed by atoms with Crippen LogP contribution in [0.3, 0.4) is 0 Å². The van der Waals surface area contributed by atoms with E-state index in [1.54, 1.807) is 18.2 Å². The number of primary sulfonamides is 1. The van der Waals surface area contributed by atoms with Crippen LogP contribution in [0.25, 0.3) is 0 Å². The highest BCUT2D eigenvalue weighted by Gasteiger charge is 2.49. The number of likely N-dealkylation sites (tertiary alicyclic amines) is 1. The number of likely N-dealkylation sites (N-methyl/N-ethyl adjacent to an activating group) is 1. The standard InChI is InChI=1S/C22H29N3O3S/c1-22-10-12-25(2)20(13-16-5-6-17(26)14-19(16)22)21(22)24-11-9-15-3-7-18(8-4-15)29(23,27)28/h3-8,14,20-21,24,26H,9-13H2,1-2H3,(H2,23,27,28)/t20-,21-,22-/m1/s1. The number of rotatable bonds is 5. The molecule has 6 nitrogen and oxygen atoms in total. The Morgan fingerprint density at radius 3 is 2.66 bits per heavy atom. The van der Waals surface area contributed by atoms with E-state index in [0.29, 0.717) is 17.8 Å². The second-order valence-electron chi connectivity index (χ2n) is 8.63. The van der Waals surface area contributed by atoms with Gasteiger partial charge in [-0.15, -0.1) is 0 Å². The number of phenols is 1. The van der Waals surface area contributed by atoms with Crippen LogP contribution >= 0.6 is 0 Å². The minimum Gasteiger partial charge on any atom is -0.508 e. The predicted octanol–water partition coefficient (Wildman–Crippen LogP) is 1.76. The molecule has 1 fully saturated rings. The molecule has 0 unspecified atom stereocenters. The largest absolute Gasteiger partial charge is 0.508 e. The van der Waals surface area contributed by atoms with Crippen LogP contribution in [0.15, 0.2) is 47.4 Å². The van der Waals surface area contributed by atoms with E-state index < -0.39 is 10.0 Å². The number of nitrogens with zero attached hydrogens (tertiary/aromatic N) is 1. The molecule has 0 spiro atoms. The van der Waals surface area contributed by atoms with Gasteiger partial charge in [0.05, 0.1) is 4.90 Å². The molecule has 0 aromatic heterocycles. The van der Waals surface area contributed by atoms with E-state index in [1.807, 2.05) is 18.2 Å². The molecule has 0 radical (unpaired) electrons. The molecular weight excluding hydrogens is 386 g/mol. The third kappa shape index (κ3) is 3.80. The Morgan fingerprint density at radius 1 is 1.24 bits per heavy atom. The van der Waals surface area contributed by atoms with Crippen LogP contribution in [0, 0.1) is 0 Å². The van der Waals surface area contributed by atoms with Crippen molar-refractivity contribution in [1.29, 1.82) is 0 Å². The van der Waals surface area contributed by atoms with Gasteiger partial charge < -0.3 is 15.3 Å². The first-order valence-corrected chi connectivity index (χ1v) is 11.6. The number of benzene rings is 2. The zero-order chi connectivity index (χ0) is 20.8. The highest BCUT2D eigenvalue weighted by atomic mass is 32.2. The summed E-state index contributed by atoms with van der Waals surface area (Å²) in [6, 6.07) is 13.3. The van der Waals surface area contributed by atoms with E-state index in [4.69, 9.17) is 5.14 Å². The topological polar surface area (TPSA) is 95.7 Å². The average Bonchev–Trinajstić information content (AvgIpc) is 2.67. The van der Waals surface area contributed by atoms with Crippen molar-refractivity contribution >= 4 is 10.0 Å². The predicted molar refractivity (Wildman–Crippen MR) is 114 cm³/mol. The monoisotopic (exact) mass is 415 g/mol. The SMILES string of the molecule is CN1CC[C@]2(C)c3cc(O)ccc3C[C@@H]1[C@H]2NCCc1ccc(S(N)(=O)=O)cc1. The first-order valence-electron chi connectivity index (χ1n) is 10.1. The molecule has 2 aliphatic rings. The van der Waals surface area contributed by atoms with Crippen molar-refractivity contribution < 1.29 is 13.5 Å². The first kappa shape index (κ1) is 20.3. The molecule has 2 bridgehead atoms. The number of hydrogen-bond donors (Lipinski definition) is 3. The highest BCUT2D eigenvalue weighted by molar-refractivity contribution is 7.89. The lowest BCUT2D eigenvalue weighted by Crippen LogP contribution is -2.66. The number of nitrogens with two attached hydrogens (primary N) is 1. The fraction of sp³-hybridized carbons (Fsp3) is 0.455. The average molecular weight is 416 g/mol. The Hall–Kier alpha value is -1.93. The lowest BCUT2D eigenvalue weighted by atomic mass is 9.61. The van der Waals surface area contributed by atoms with Crippen LogP contribution < -0.4 is 10.5 Å². The van der Waals surface area contributed by atoms with Gasteiger partial charge in [0.15, 0.2) is 0 Å². The van der Waals surface area contributed by atoms with Crippen molar-refractivity contribution in [3.8, 4) is 5.75 Å².